The zero-order chi connectivity index (χ0) is 16.9. The summed E-state index contributed by atoms with van der Waals surface area (Å²) in [6.07, 6.45) is 0. The van der Waals surface area contributed by atoms with Crippen molar-refractivity contribution in [3.63, 3.8) is 0 Å². The fourth-order valence-electron chi connectivity index (χ4n) is 0.789. The summed E-state index contributed by atoms with van der Waals surface area (Å²) in [5, 5.41) is 0. The van der Waals surface area contributed by atoms with Gasteiger partial charge in [0, 0.05) is 0 Å². The molecule has 0 heterocycles. The van der Waals surface area contributed by atoms with Crippen LogP contribution in [0.4, 0.5) is 0 Å². The number of benzene rings is 1. The van der Waals surface area contributed by atoms with E-state index < -0.39 is 29.6 Å². The van der Waals surface area contributed by atoms with E-state index in [-0.39, 0.29) is 36.8 Å². The van der Waals surface area contributed by atoms with Crippen LogP contribution < -0.4 is 4.18 Å². The fourth-order valence-corrected chi connectivity index (χ4v) is 1.88. The van der Waals surface area contributed by atoms with Crippen molar-refractivity contribution < 1.29 is 64.4 Å². The fraction of sp³-hybridized carbons (Fsp3) is 0.143. The third kappa shape index (κ3) is 13.0. The van der Waals surface area contributed by atoms with Crippen LogP contribution in [0.1, 0.15) is 0 Å². The zero-order valence-corrected chi connectivity index (χ0v) is 17.3. The molecule has 0 aliphatic carbocycles. The molecule has 0 unspecified atom stereocenters. The van der Waals surface area contributed by atoms with Crippen LogP contribution in [-0.2, 0) is 60.0 Å². The molecule has 0 spiro atoms. The maximum atomic E-state index is 10.6. The van der Waals surface area contributed by atoms with Gasteiger partial charge < -0.3 is 25.2 Å². The molecule has 1 rings (SSSR count). The molecule has 122 valence electrons. The van der Waals surface area contributed by atoms with Gasteiger partial charge in [0.2, 0.25) is 0 Å². The van der Waals surface area contributed by atoms with E-state index in [1.165, 1.54) is 0 Å². The molecule has 1 N–H and O–H groups in total. The largest absolute Gasteiger partial charge is 4.00 e. The van der Waals surface area contributed by atoms with Crippen molar-refractivity contribution in [2.75, 3.05) is 7.11 Å². The van der Waals surface area contributed by atoms with Gasteiger partial charge in [-0.1, -0.05) is 9.74 Å². The van der Waals surface area contributed by atoms with Crippen LogP contribution in [0.5, 0.6) is 5.75 Å². The maximum Gasteiger partial charge on any atom is 4.00 e. The number of rotatable bonds is 4. The predicted molar refractivity (Wildman–Crippen MR) is 75.6 cm³/mol. The van der Waals surface area contributed by atoms with E-state index in [0.717, 1.165) is 31.4 Å². The summed E-state index contributed by atoms with van der Waals surface area (Å²) in [6.45, 7) is 0. The second-order valence-electron chi connectivity index (χ2n) is 3.05. The molecule has 0 aliphatic heterocycles. The van der Waals surface area contributed by atoms with E-state index >= 15 is 0 Å². The Balaban J connectivity index is 0. The molecule has 0 radical (unpaired) electrons. The molecule has 1 aromatic rings. The second-order valence-corrected chi connectivity index (χ2v) is 9.37. The molecule has 0 aliphatic rings. The standard InChI is InChI=1S/C6H5O6PS2.CH3O3PS.Zr/c7-14(8,9)6-3-1-5(2-4-6)12-15(10,11)13;1-4-6(2,3)5;/h1-4H,(H,7,8,9);1H3;/q2*-2;+4. The van der Waals surface area contributed by atoms with Crippen LogP contribution in [0.2, 0.25) is 0 Å². The topological polar surface area (TPSA) is 141 Å². The van der Waals surface area contributed by atoms with Gasteiger partial charge in [0.1, 0.15) is 5.75 Å². The third-order valence-electron chi connectivity index (χ3n) is 1.53. The van der Waals surface area contributed by atoms with Gasteiger partial charge in [-0.3, -0.25) is 21.4 Å². The Morgan fingerprint density at radius 3 is 1.50 bits per heavy atom. The number of hydrogen-bond acceptors (Lipinski definition) is 8. The SMILES string of the molecule is COS(=O)(=O)[P-2].O=S(=O)([P-2])Oc1ccc(S(=O)(=O)O)cc1.[Zr+4]. The van der Waals surface area contributed by atoms with Gasteiger partial charge in [-0.2, -0.15) is 8.42 Å². The van der Waals surface area contributed by atoms with Gasteiger partial charge in [0.05, 0.1) is 12.0 Å². The van der Waals surface area contributed by atoms with Crippen LogP contribution in [-0.4, -0.2) is 36.9 Å². The summed E-state index contributed by atoms with van der Waals surface area (Å²) in [5.74, 6) is -0.0996. The minimum Gasteiger partial charge on any atom is -1.30 e. The van der Waals surface area contributed by atoms with Crippen molar-refractivity contribution in [1.29, 1.82) is 0 Å². The minimum absolute atomic E-state index is 0. The summed E-state index contributed by atoms with van der Waals surface area (Å²) in [6, 6.07) is 4.17. The third-order valence-corrected chi connectivity index (χ3v) is 3.90. The zero-order valence-electron chi connectivity index (χ0n) is 10.6. The monoisotopic (exact) mass is 484 g/mol. The van der Waals surface area contributed by atoms with Gasteiger partial charge in [-0.05, 0) is 34.0 Å². The molecule has 0 aromatic heterocycles. The first-order valence-electron chi connectivity index (χ1n) is 4.52. The van der Waals surface area contributed by atoms with E-state index in [1.54, 1.807) is 0 Å². The van der Waals surface area contributed by atoms with Crippen LogP contribution >= 0.6 is 16.9 Å². The van der Waals surface area contributed by atoms with Crippen LogP contribution in [0.15, 0.2) is 29.2 Å². The van der Waals surface area contributed by atoms with Gasteiger partial charge in [-0.15, -0.1) is 0 Å². The first kappa shape index (κ1) is 24.8. The van der Waals surface area contributed by atoms with Crippen LogP contribution in [0, 0.1) is 0 Å². The van der Waals surface area contributed by atoms with E-state index in [2.05, 4.69) is 25.2 Å². The Morgan fingerprint density at radius 2 is 1.27 bits per heavy atom. The molecule has 0 saturated carbocycles. The van der Waals surface area contributed by atoms with Gasteiger partial charge in [0.25, 0.3) is 10.1 Å². The summed E-state index contributed by atoms with van der Waals surface area (Å²) in [4.78, 5) is -0.355. The van der Waals surface area contributed by atoms with Gasteiger partial charge >= 0.3 is 26.2 Å². The summed E-state index contributed by atoms with van der Waals surface area (Å²) in [5.41, 5.74) is 0. The summed E-state index contributed by atoms with van der Waals surface area (Å²) < 4.78 is 78.3. The molecule has 15 heteroatoms. The predicted octanol–water partition coefficient (Wildman–Crippen LogP) is 1.25. The van der Waals surface area contributed by atoms with Crippen LogP contribution in [0.3, 0.4) is 0 Å². The van der Waals surface area contributed by atoms with Crippen molar-refractivity contribution in [3.05, 3.63) is 24.3 Å². The summed E-state index contributed by atoms with van der Waals surface area (Å²) in [7, 11) is -4.52. The van der Waals surface area contributed by atoms with Gasteiger partial charge in [0.15, 0.2) is 0 Å². The second kappa shape index (κ2) is 9.74. The smallest absolute Gasteiger partial charge is 1.30 e. The van der Waals surface area contributed by atoms with E-state index in [1.807, 2.05) is 0 Å². The Morgan fingerprint density at radius 1 is 0.909 bits per heavy atom. The Hall–Kier alpha value is 0.533. The molecule has 1 aromatic carbocycles. The van der Waals surface area contributed by atoms with Crippen molar-refractivity contribution in [3.8, 4) is 5.75 Å². The van der Waals surface area contributed by atoms with E-state index in [4.69, 9.17) is 4.55 Å². The molecule has 0 atom stereocenters. The van der Waals surface area contributed by atoms with Gasteiger partial charge in [-0.25, -0.2) is 0 Å². The first-order chi connectivity index (χ1) is 9.24. The molecular weight excluding hydrogens is 477 g/mol. The van der Waals surface area contributed by atoms with Crippen molar-refractivity contribution in [1.82, 2.24) is 0 Å². The molecule has 22 heavy (non-hydrogen) atoms. The molecule has 0 saturated heterocycles. The minimum atomic E-state index is -4.29. The normalized spacial score (nSPS) is 11.6. The average molecular weight is 486 g/mol. The quantitative estimate of drug-likeness (QED) is 0.493. The summed E-state index contributed by atoms with van der Waals surface area (Å²) >= 11 is 0. The van der Waals surface area contributed by atoms with E-state index in [9.17, 15) is 25.3 Å². The maximum absolute atomic E-state index is 10.6. The number of hydrogen-bond donors (Lipinski definition) is 1. The molecule has 0 bridgehead atoms. The van der Waals surface area contributed by atoms with E-state index in [0.29, 0.717) is 0 Å². The molecule has 0 fully saturated rings. The Bertz CT molecular complexity index is 771. The Kier molecular flexibility index (Phi) is 11.0. The average Bonchev–Trinajstić information content (AvgIpc) is 2.26. The van der Waals surface area contributed by atoms with Crippen LogP contribution in [0.25, 0.3) is 0 Å². The molecule has 9 nitrogen and oxygen atoms in total. The Labute approximate surface area is 152 Å². The molecule has 0 amide bonds. The van der Waals surface area contributed by atoms with Crippen molar-refractivity contribution in [2.24, 2.45) is 0 Å². The van der Waals surface area contributed by atoms with Crippen molar-refractivity contribution in [2.45, 2.75) is 4.90 Å². The molecular formula is C7H8O9P2S3Zr. The first-order valence-corrected chi connectivity index (χ1v) is 10.9. The van der Waals surface area contributed by atoms with Crippen molar-refractivity contribution >= 4 is 46.5 Å².